The van der Waals surface area contributed by atoms with Gasteiger partial charge in [0, 0.05) is 0 Å². The lowest BCUT2D eigenvalue weighted by Crippen LogP contribution is -2.40. The Morgan fingerprint density at radius 3 is 2.33 bits per heavy atom. The quantitative estimate of drug-likeness (QED) is 0.318. The van der Waals surface area contributed by atoms with Crippen LogP contribution in [0.4, 0.5) is 0 Å². The van der Waals surface area contributed by atoms with Crippen LogP contribution in [-0.4, -0.2) is 45.4 Å². The molecule has 0 bridgehead atoms. The zero-order valence-electron chi connectivity index (χ0n) is 6.20. The SMILES string of the molecule is N[C@H](CO)[C@H](O)COP(=O)(O)O. The van der Waals surface area contributed by atoms with E-state index >= 15 is 0 Å². The van der Waals surface area contributed by atoms with Gasteiger partial charge in [-0.1, -0.05) is 0 Å². The van der Waals surface area contributed by atoms with Crippen LogP contribution in [-0.2, 0) is 9.09 Å². The lowest BCUT2D eigenvalue weighted by Gasteiger charge is -2.16. The molecule has 0 aliphatic rings. The molecular formula is C4H12NO6P. The summed E-state index contributed by atoms with van der Waals surface area (Å²) in [5.41, 5.74) is 5.11. The molecule has 2 atom stereocenters. The highest BCUT2D eigenvalue weighted by Gasteiger charge is 2.20. The Kier molecular flexibility index (Phi) is 4.88. The second-order valence-corrected chi connectivity index (χ2v) is 3.44. The number of phosphoric acid groups is 1. The molecule has 0 saturated heterocycles. The molecule has 0 rings (SSSR count). The van der Waals surface area contributed by atoms with Crippen LogP contribution in [0.2, 0.25) is 0 Å². The molecule has 0 spiro atoms. The number of aliphatic hydroxyl groups is 2. The van der Waals surface area contributed by atoms with Crippen molar-refractivity contribution < 1.29 is 29.1 Å². The average Bonchev–Trinajstić information content (AvgIpc) is 1.97. The van der Waals surface area contributed by atoms with Crippen molar-refractivity contribution in [3.63, 3.8) is 0 Å². The van der Waals surface area contributed by atoms with Crippen molar-refractivity contribution in [2.24, 2.45) is 5.73 Å². The summed E-state index contributed by atoms with van der Waals surface area (Å²) in [6.07, 6.45) is -1.29. The standard InChI is InChI=1S/C4H12NO6P/c5-3(1-6)4(7)2-11-12(8,9)10/h3-4,6-7H,1-2,5H2,(H2,8,9,10)/t3-,4-/m1/s1. The van der Waals surface area contributed by atoms with Crippen molar-refractivity contribution >= 4 is 7.82 Å². The first-order chi connectivity index (χ1) is 5.37. The van der Waals surface area contributed by atoms with Gasteiger partial charge in [-0.05, 0) is 0 Å². The van der Waals surface area contributed by atoms with Gasteiger partial charge in [0.2, 0.25) is 0 Å². The first-order valence-corrected chi connectivity index (χ1v) is 4.64. The minimum Gasteiger partial charge on any atom is -0.395 e. The van der Waals surface area contributed by atoms with Crippen LogP contribution in [0.25, 0.3) is 0 Å². The molecular weight excluding hydrogens is 189 g/mol. The number of aliphatic hydroxyl groups excluding tert-OH is 2. The first-order valence-electron chi connectivity index (χ1n) is 3.11. The zero-order valence-corrected chi connectivity index (χ0v) is 7.09. The van der Waals surface area contributed by atoms with Gasteiger partial charge in [-0.3, -0.25) is 4.52 Å². The van der Waals surface area contributed by atoms with Crippen molar-refractivity contribution in [1.82, 2.24) is 0 Å². The monoisotopic (exact) mass is 201 g/mol. The highest BCUT2D eigenvalue weighted by atomic mass is 31.2. The maximum atomic E-state index is 10.1. The highest BCUT2D eigenvalue weighted by molar-refractivity contribution is 7.46. The van der Waals surface area contributed by atoms with Crippen molar-refractivity contribution in [2.45, 2.75) is 12.1 Å². The maximum absolute atomic E-state index is 10.1. The normalized spacial score (nSPS) is 17.4. The molecule has 0 aromatic rings. The molecule has 0 aromatic carbocycles. The largest absolute Gasteiger partial charge is 0.469 e. The van der Waals surface area contributed by atoms with E-state index in [4.69, 9.17) is 25.7 Å². The second-order valence-electron chi connectivity index (χ2n) is 2.20. The van der Waals surface area contributed by atoms with Gasteiger partial charge in [0.1, 0.15) is 0 Å². The third-order valence-corrected chi connectivity index (χ3v) is 1.60. The van der Waals surface area contributed by atoms with E-state index in [0.717, 1.165) is 0 Å². The maximum Gasteiger partial charge on any atom is 0.469 e. The van der Waals surface area contributed by atoms with Crippen LogP contribution in [0, 0.1) is 0 Å². The van der Waals surface area contributed by atoms with Crippen LogP contribution >= 0.6 is 7.82 Å². The highest BCUT2D eigenvalue weighted by Crippen LogP contribution is 2.35. The molecule has 0 unspecified atom stereocenters. The Bertz CT molecular complexity index is 169. The van der Waals surface area contributed by atoms with Gasteiger partial charge in [0.05, 0.1) is 25.4 Å². The van der Waals surface area contributed by atoms with Gasteiger partial charge >= 0.3 is 7.82 Å². The summed E-state index contributed by atoms with van der Waals surface area (Å²) in [5.74, 6) is 0. The lowest BCUT2D eigenvalue weighted by atomic mass is 10.2. The van der Waals surface area contributed by atoms with E-state index in [1.54, 1.807) is 0 Å². The topological polar surface area (TPSA) is 133 Å². The summed E-state index contributed by atoms with van der Waals surface area (Å²) in [6, 6.07) is -0.962. The molecule has 7 nitrogen and oxygen atoms in total. The second kappa shape index (κ2) is 4.88. The Morgan fingerprint density at radius 1 is 1.50 bits per heavy atom. The fraction of sp³-hybridized carbons (Fsp3) is 1.00. The molecule has 0 saturated carbocycles. The Morgan fingerprint density at radius 2 is 2.00 bits per heavy atom. The van der Waals surface area contributed by atoms with Gasteiger partial charge in [0.15, 0.2) is 0 Å². The summed E-state index contributed by atoms with van der Waals surface area (Å²) in [6.45, 7) is -1.09. The lowest BCUT2D eigenvalue weighted by molar-refractivity contribution is 0.0507. The minimum atomic E-state index is -4.57. The fourth-order valence-corrected chi connectivity index (χ4v) is 0.766. The van der Waals surface area contributed by atoms with Crippen LogP contribution < -0.4 is 5.73 Å². The van der Waals surface area contributed by atoms with Gasteiger partial charge in [-0.25, -0.2) is 4.57 Å². The third kappa shape index (κ3) is 5.62. The summed E-state index contributed by atoms with van der Waals surface area (Å²) in [7, 11) is -4.57. The van der Waals surface area contributed by atoms with Crippen molar-refractivity contribution in [2.75, 3.05) is 13.2 Å². The van der Waals surface area contributed by atoms with Crippen LogP contribution in [0.1, 0.15) is 0 Å². The molecule has 0 aliphatic carbocycles. The molecule has 0 heterocycles. The number of rotatable bonds is 5. The molecule has 0 aromatic heterocycles. The Balaban J connectivity index is 3.71. The summed E-state index contributed by atoms with van der Waals surface area (Å²) >= 11 is 0. The number of hydrogen-bond acceptors (Lipinski definition) is 5. The first kappa shape index (κ1) is 12.0. The predicted octanol–water partition coefficient (Wildman–Crippen LogP) is -2.22. The molecule has 74 valence electrons. The van der Waals surface area contributed by atoms with Crippen LogP contribution in [0.15, 0.2) is 0 Å². The van der Waals surface area contributed by atoms with Gasteiger partial charge in [0.25, 0.3) is 0 Å². The van der Waals surface area contributed by atoms with Crippen LogP contribution in [0.3, 0.4) is 0 Å². The van der Waals surface area contributed by atoms with E-state index in [2.05, 4.69) is 4.52 Å². The van der Waals surface area contributed by atoms with E-state index in [1.807, 2.05) is 0 Å². The number of phosphoric ester groups is 1. The van der Waals surface area contributed by atoms with Gasteiger partial charge < -0.3 is 25.7 Å². The molecule has 0 radical (unpaired) electrons. The van der Waals surface area contributed by atoms with Gasteiger partial charge in [-0.2, -0.15) is 0 Å². The average molecular weight is 201 g/mol. The fourth-order valence-electron chi connectivity index (χ4n) is 0.419. The van der Waals surface area contributed by atoms with E-state index < -0.39 is 33.2 Å². The van der Waals surface area contributed by atoms with E-state index in [0.29, 0.717) is 0 Å². The summed E-state index contributed by atoms with van der Waals surface area (Å²) in [5, 5.41) is 17.3. The summed E-state index contributed by atoms with van der Waals surface area (Å²) in [4.78, 5) is 16.4. The molecule has 12 heavy (non-hydrogen) atoms. The molecule has 0 fully saturated rings. The minimum absolute atomic E-state index is 0.480. The van der Waals surface area contributed by atoms with E-state index in [9.17, 15) is 4.57 Å². The van der Waals surface area contributed by atoms with Crippen molar-refractivity contribution in [1.29, 1.82) is 0 Å². The Labute approximate surface area is 69.0 Å². The van der Waals surface area contributed by atoms with Crippen molar-refractivity contribution in [3.05, 3.63) is 0 Å². The smallest absolute Gasteiger partial charge is 0.395 e. The number of nitrogens with two attached hydrogens (primary N) is 1. The molecule has 8 heteroatoms. The predicted molar refractivity (Wildman–Crippen MR) is 39.1 cm³/mol. The summed E-state index contributed by atoms with van der Waals surface area (Å²) < 4.78 is 14.0. The number of hydrogen-bond donors (Lipinski definition) is 5. The molecule has 0 aliphatic heterocycles. The van der Waals surface area contributed by atoms with Gasteiger partial charge in [-0.15, -0.1) is 0 Å². The Hall–Kier alpha value is -0.0100. The van der Waals surface area contributed by atoms with E-state index in [-0.39, 0.29) is 0 Å². The third-order valence-electron chi connectivity index (χ3n) is 1.12. The van der Waals surface area contributed by atoms with E-state index in [1.165, 1.54) is 0 Å². The molecule has 0 amide bonds. The zero-order chi connectivity index (χ0) is 9.78. The van der Waals surface area contributed by atoms with Crippen LogP contribution in [0.5, 0.6) is 0 Å². The van der Waals surface area contributed by atoms with Crippen molar-refractivity contribution in [3.8, 4) is 0 Å². The molecule has 6 N–H and O–H groups in total.